The Hall–Kier alpha value is -0.0800. The predicted molar refractivity (Wildman–Crippen MR) is 85.6 cm³/mol. The van der Waals surface area contributed by atoms with Crippen molar-refractivity contribution in [2.75, 3.05) is 26.2 Å². The molecule has 0 saturated carbocycles. The summed E-state index contributed by atoms with van der Waals surface area (Å²) < 4.78 is 0. The highest BCUT2D eigenvalue weighted by molar-refractivity contribution is 4.79. The van der Waals surface area contributed by atoms with Crippen LogP contribution in [0.4, 0.5) is 0 Å². The van der Waals surface area contributed by atoms with Gasteiger partial charge < -0.3 is 10.2 Å². The molecule has 2 heteroatoms. The van der Waals surface area contributed by atoms with E-state index in [0.717, 1.165) is 12.5 Å². The minimum Gasteiger partial charge on any atom is -0.314 e. The maximum atomic E-state index is 3.59. The lowest BCUT2D eigenvalue weighted by Gasteiger charge is -2.33. The minimum absolute atomic E-state index is 0.384. The first-order valence-corrected chi connectivity index (χ1v) is 8.38. The summed E-state index contributed by atoms with van der Waals surface area (Å²) in [5, 5.41) is 3.59. The quantitative estimate of drug-likeness (QED) is 0.753. The monoisotopic (exact) mass is 268 g/mol. The Labute approximate surface area is 121 Å². The fourth-order valence-corrected chi connectivity index (χ4v) is 3.22. The van der Waals surface area contributed by atoms with E-state index < -0.39 is 0 Å². The largest absolute Gasteiger partial charge is 0.314 e. The average Bonchev–Trinajstić information content (AvgIpc) is 2.53. The summed E-state index contributed by atoms with van der Waals surface area (Å²) in [6.45, 7) is 16.6. The fourth-order valence-electron chi connectivity index (χ4n) is 3.22. The molecule has 19 heavy (non-hydrogen) atoms. The number of hydrogen-bond donors (Lipinski definition) is 1. The molecule has 1 N–H and O–H groups in total. The molecule has 1 saturated heterocycles. The van der Waals surface area contributed by atoms with Crippen LogP contribution < -0.4 is 5.32 Å². The van der Waals surface area contributed by atoms with E-state index in [4.69, 9.17) is 0 Å². The average molecular weight is 268 g/mol. The van der Waals surface area contributed by atoms with Crippen molar-refractivity contribution in [3.05, 3.63) is 0 Å². The zero-order valence-electron chi connectivity index (χ0n) is 14.0. The van der Waals surface area contributed by atoms with E-state index >= 15 is 0 Å². The standard InChI is InChI=1S/C17H36N2/c1-6-8-16-9-7-11-19(12-10-16)14-17(4,5)13-18-15(2)3/h15-16,18H,6-14H2,1-5H3. The fraction of sp³-hybridized carbons (Fsp3) is 1.00. The highest BCUT2D eigenvalue weighted by Gasteiger charge is 2.24. The predicted octanol–water partition coefficient (Wildman–Crippen LogP) is 3.91. The Kier molecular flexibility index (Phi) is 7.38. The lowest BCUT2D eigenvalue weighted by atomic mass is 9.92. The Morgan fingerprint density at radius 3 is 2.58 bits per heavy atom. The molecule has 1 aliphatic rings. The summed E-state index contributed by atoms with van der Waals surface area (Å²) in [5.74, 6) is 0.993. The first kappa shape index (κ1) is 17.0. The van der Waals surface area contributed by atoms with Gasteiger partial charge in [-0.3, -0.25) is 0 Å². The number of nitrogens with zero attached hydrogens (tertiary/aromatic N) is 1. The van der Waals surface area contributed by atoms with Gasteiger partial charge in [0.1, 0.15) is 0 Å². The van der Waals surface area contributed by atoms with Crippen LogP contribution in [0.25, 0.3) is 0 Å². The molecule has 2 nitrogen and oxygen atoms in total. The Bertz CT molecular complexity index is 235. The summed E-state index contributed by atoms with van der Waals surface area (Å²) >= 11 is 0. The SMILES string of the molecule is CCCC1CCCN(CC(C)(C)CNC(C)C)CC1. The van der Waals surface area contributed by atoms with Crippen LogP contribution >= 0.6 is 0 Å². The first-order chi connectivity index (χ1) is 8.93. The zero-order valence-corrected chi connectivity index (χ0v) is 14.0. The molecule has 1 unspecified atom stereocenters. The second kappa shape index (κ2) is 8.26. The molecule has 1 atom stereocenters. The van der Waals surface area contributed by atoms with Crippen LogP contribution in [0.5, 0.6) is 0 Å². The molecule has 0 aromatic heterocycles. The van der Waals surface area contributed by atoms with Crippen molar-refractivity contribution in [1.82, 2.24) is 10.2 Å². The van der Waals surface area contributed by atoms with Gasteiger partial charge in [0.25, 0.3) is 0 Å². The van der Waals surface area contributed by atoms with Crippen molar-refractivity contribution < 1.29 is 0 Å². The maximum Gasteiger partial charge on any atom is 0.00448 e. The summed E-state index contributed by atoms with van der Waals surface area (Å²) in [4.78, 5) is 2.71. The molecule has 114 valence electrons. The summed E-state index contributed by atoms with van der Waals surface area (Å²) in [6, 6.07) is 0.595. The van der Waals surface area contributed by atoms with Gasteiger partial charge in [-0.15, -0.1) is 0 Å². The van der Waals surface area contributed by atoms with Crippen molar-refractivity contribution >= 4 is 0 Å². The van der Waals surface area contributed by atoms with E-state index in [2.05, 4.69) is 44.8 Å². The minimum atomic E-state index is 0.384. The van der Waals surface area contributed by atoms with E-state index in [-0.39, 0.29) is 0 Å². The molecular weight excluding hydrogens is 232 g/mol. The molecular formula is C17H36N2. The maximum absolute atomic E-state index is 3.59. The van der Waals surface area contributed by atoms with E-state index in [0.29, 0.717) is 11.5 Å². The van der Waals surface area contributed by atoms with Gasteiger partial charge >= 0.3 is 0 Å². The second-order valence-corrected chi connectivity index (χ2v) is 7.56. The number of likely N-dealkylation sites (tertiary alicyclic amines) is 1. The highest BCUT2D eigenvalue weighted by atomic mass is 15.1. The first-order valence-electron chi connectivity index (χ1n) is 8.38. The summed E-state index contributed by atoms with van der Waals surface area (Å²) in [6.07, 6.45) is 7.06. The molecule has 1 heterocycles. The van der Waals surface area contributed by atoms with Crippen LogP contribution in [0.2, 0.25) is 0 Å². The smallest absolute Gasteiger partial charge is 0.00448 e. The molecule has 0 aromatic rings. The number of hydrogen-bond acceptors (Lipinski definition) is 2. The van der Waals surface area contributed by atoms with Crippen molar-refractivity contribution in [3.63, 3.8) is 0 Å². The van der Waals surface area contributed by atoms with Crippen LogP contribution in [0.1, 0.15) is 66.7 Å². The van der Waals surface area contributed by atoms with Gasteiger partial charge in [0.2, 0.25) is 0 Å². The second-order valence-electron chi connectivity index (χ2n) is 7.56. The van der Waals surface area contributed by atoms with Gasteiger partial charge in [-0.25, -0.2) is 0 Å². The Morgan fingerprint density at radius 2 is 1.95 bits per heavy atom. The molecule has 0 amide bonds. The normalized spacial score (nSPS) is 22.7. The summed E-state index contributed by atoms with van der Waals surface area (Å²) in [7, 11) is 0. The molecule has 0 spiro atoms. The molecule has 0 aromatic carbocycles. The third-order valence-electron chi connectivity index (χ3n) is 4.28. The highest BCUT2D eigenvalue weighted by Crippen LogP contribution is 2.24. The van der Waals surface area contributed by atoms with Crippen molar-refractivity contribution in [2.24, 2.45) is 11.3 Å². The van der Waals surface area contributed by atoms with E-state index in [1.165, 1.54) is 51.7 Å². The number of rotatable bonds is 7. The Balaban J connectivity index is 2.35. The van der Waals surface area contributed by atoms with Crippen LogP contribution in [-0.4, -0.2) is 37.1 Å². The molecule has 0 radical (unpaired) electrons. The Morgan fingerprint density at radius 1 is 1.21 bits per heavy atom. The van der Waals surface area contributed by atoms with Crippen molar-refractivity contribution in [3.8, 4) is 0 Å². The van der Waals surface area contributed by atoms with Crippen LogP contribution in [0.3, 0.4) is 0 Å². The molecule has 1 fully saturated rings. The lowest BCUT2D eigenvalue weighted by molar-refractivity contribution is 0.174. The molecule has 0 bridgehead atoms. The van der Waals surface area contributed by atoms with Gasteiger partial charge in [-0.2, -0.15) is 0 Å². The van der Waals surface area contributed by atoms with E-state index in [1.807, 2.05) is 0 Å². The zero-order chi connectivity index (χ0) is 14.3. The third-order valence-corrected chi connectivity index (χ3v) is 4.28. The van der Waals surface area contributed by atoms with E-state index in [9.17, 15) is 0 Å². The third kappa shape index (κ3) is 7.31. The molecule has 1 aliphatic heterocycles. The summed E-state index contributed by atoms with van der Waals surface area (Å²) in [5.41, 5.74) is 0.384. The van der Waals surface area contributed by atoms with Crippen molar-refractivity contribution in [1.29, 1.82) is 0 Å². The van der Waals surface area contributed by atoms with Gasteiger partial charge in [-0.05, 0) is 43.7 Å². The van der Waals surface area contributed by atoms with Gasteiger partial charge in [0, 0.05) is 19.1 Å². The van der Waals surface area contributed by atoms with Gasteiger partial charge in [0.05, 0.1) is 0 Å². The van der Waals surface area contributed by atoms with E-state index in [1.54, 1.807) is 0 Å². The topological polar surface area (TPSA) is 15.3 Å². The molecule has 0 aliphatic carbocycles. The van der Waals surface area contributed by atoms with Crippen LogP contribution in [0, 0.1) is 11.3 Å². The lowest BCUT2D eigenvalue weighted by Crippen LogP contribution is -2.42. The van der Waals surface area contributed by atoms with Crippen LogP contribution in [-0.2, 0) is 0 Å². The van der Waals surface area contributed by atoms with Crippen molar-refractivity contribution in [2.45, 2.75) is 72.8 Å². The van der Waals surface area contributed by atoms with Crippen LogP contribution in [0.15, 0.2) is 0 Å². The molecule has 1 rings (SSSR count). The van der Waals surface area contributed by atoms with Gasteiger partial charge in [-0.1, -0.05) is 47.5 Å². The van der Waals surface area contributed by atoms with Gasteiger partial charge in [0.15, 0.2) is 0 Å². The number of nitrogens with one attached hydrogen (secondary N) is 1.